The van der Waals surface area contributed by atoms with Crippen LogP contribution in [0.25, 0.3) is 11.3 Å². The smallest absolute Gasteiger partial charge is 0.273 e. The van der Waals surface area contributed by atoms with Crippen molar-refractivity contribution in [3.05, 3.63) is 66.0 Å². The van der Waals surface area contributed by atoms with Crippen LogP contribution in [0.15, 0.2) is 54.6 Å². The summed E-state index contributed by atoms with van der Waals surface area (Å²) >= 11 is 0. The van der Waals surface area contributed by atoms with E-state index < -0.39 is 0 Å². The number of methoxy groups -OCH3 is 2. The highest BCUT2D eigenvalue weighted by molar-refractivity contribution is 6.03. The van der Waals surface area contributed by atoms with Crippen molar-refractivity contribution in [3.63, 3.8) is 0 Å². The van der Waals surface area contributed by atoms with Gasteiger partial charge in [0.05, 0.1) is 19.9 Å². The van der Waals surface area contributed by atoms with Crippen molar-refractivity contribution in [2.24, 2.45) is 7.05 Å². The van der Waals surface area contributed by atoms with Crippen LogP contribution in [0.4, 0.5) is 23.1 Å². The standard InChI is InChI=1S/C26H29N7O3/c1-16-13-24(32(2)3)30-26(27-16)29-18-9-7-17(8-10-18)28-25(34)22-15-21(31-33(22)4)20-14-19(35-5)11-12-23(20)36-6/h7-15H,1-6H3,(H,28,34)(H,27,29,30). The van der Waals surface area contributed by atoms with Crippen LogP contribution in [0.1, 0.15) is 16.2 Å². The molecule has 2 aromatic carbocycles. The first kappa shape index (κ1) is 24.5. The number of aryl methyl sites for hydroxylation is 2. The maximum atomic E-state index is 13.0. The molecular weight excluding hydrogens is 458 g/mol. The average molecular weight is 488 g/mol. The Morgan fingerprint density at radius 3 is 2.33 bits per heavy atom. The molecule has 0 atom stereocenters. The van der Waals surface area contributed by atoms with Gasteiger partial charge in [0, 0.05) is 49.8 Å². The number of carbonyl (C=O) groups excluding carboxylic acids is 1. The normalized spacial score (nSPS) is 10.6. The molecule has 0 aliphatic carbocycles. The first-order valence-electron chi connectivity index (χ1n) is 11.2. The second-order valence-corrected chi connectivity index (χ2v) is 8.35. The van der Waals surface area contributed by atoms with Crippen LogP contribution in [0, 0.1) is 6.92 Å². The quantitative estimate of drug-likeness (QED) is 0.380. The minimum Gasteiger partial charge on any atom is -0.497 e. The maximum Gasteiger partial charge on any atom is 0.273 e. The fourth-order valence-corrected chi connectivity index (χ4v) is 3.62. The summed E-state index contributed by atoms with van der Waals surface area (Å²) in [5.74, 6) is 2.35. The third kappa shape index (κ3) is 5.38. The average Bonchev–Trinajstić information content (AvgIpc) is 3.26. The van der Waals surface area contributed by atoms with Crippen molar-refractivity contribution >= 4 is 29.0 Å². The molecule has 2 heterocycles. The Kier molecular flexibility index (Phi) is 7.05. The third-order valence-corrected chi connectivity index (χ3v) is 5.49. The number of amides is 1. The predicted octanol–water partition coefficient (Wildman–Crippen LogP) is 4.26. The molecule has 4 rings (SSSR count). The molecule has 1 amide bonds. The number of aromatic nitrogens is 4. The Labute approximate surface area is 209 Å². The molecule has 186 valence electrons. The lowest BCUT2D eigenvalue weighted by molar-refractivity contribution is 0.101. The molecule has 2 aromatic heterocycles. The highest BCUT2D eigenvalue weighted by atomic mass is 16.5. The van der Waals surface area contributed by atoms with Gasteiger partial charge in [-0.3, -0.25) is 9.48 Å². The molecule has 4 aromatic rings. The Morgan fingerprint density at radius 1 is 0.944 bits per heavy atom. The van der Waals surface area contributed by atoms with Crippen LogP contribution in [0.5, 0.6) is 11.5 Å². The zero-order chi connectivity index (χ0) is 25.8. The minimum absolute atomic E-state index is 0.281. The van der Waals surface area contributed by atoms with Gasteiger partial charge in [-0.05, 0) is 55.5 Å². The van der Waals surface area contributed by atoms with E-state index in [2.05, 4.69) is 25.7 Å². The maximum absolute atomic E-state index is 13.0. The molecule has 0 aliphatic rings. The van der Waals surface area contributed by atoms with Gasteiger partial charge in [-0.15, -0.1) is 0 Å². The predicted molar refractivity (Wildman–Crippen MR) is 141 cm³/mol. The highest BCUT2D eigenvalue weighted by Crippen LogP contribution is 2.33. The Hall–Kier alpha value is -4.60. The lowest BCUT2D eigenvalue weighted by Gasteiger charge is -2.14. The van der Waals surface area contributed by atoms with Crippen LogP contribution in [-0.4, -0.2) is 54.0 Å². The summed E-state index contributed by atoms with van der Waals surface area (Å²) in [5.41, 5.74) is 4.05. The van der Waals surface area contributed by atoms with Gasteiger partial charge in [0.1, 0.15) is 23.0 Å². The van der Waals surface area contributed by atoms with Crippen LogP contribution >= 0.6 is 0 Å². The molecule has 0 saturated carbocycles. The fraction of sp³-hybridized carbons (Fsp3) is 0.231. The van der Waals surface area contributed by atoms with Crippen molar-refractivity contribution in [1.29, 1.82) is 0 Å². The van der Waals surface area contributed by atoms with E-state index >= 15 is 0 Å². The number of nitrogens with zero attached hydrogens (tertiary/aromatic N) is 5. The summed E-state index contributed by atoms with van der Waals surface area (Å²) in [6.07, 6.45) is 0. The highest BCUT2D eigenvalue weighted by Gasteiger charge is 2.18. The minimum atomic E-state index is -0.281. The second kappa shape index (κ2) is 10.3. The summed E-state index contributed by atoms with van der Waals surface area (Å²) in [4.78, 5) is 23.9. The van der Waals surface area contributed by atoms with Crippen molar-refractivity contribution in [1.82, 2.24) is 19.7 Å². The molecule has 0 saturated heterocycles. The van der Waals surface area contributed by atoms with Gasteiger partial charge in [0.2, 0.25) is 5.95 Å². The SMILES string of the molecule is COc1ccc(OC)c(-c2cc(C(=O)Nc3ccc(Nc4nc(C)cc(N(C)C)n4)cc3)n(C)n2)c1. The van der Waals surface area contributed by atoms with E-state index in [4.69, 9.17) is 9.47 Å². The Morgan fingerprint density at radius 2 is 1.67 bits per heavy atom. The van der Waals surface area contributed by atoms with E-state index in [0.717, 1.165) is 22.8 Å². The van der Waals surface area contributed by atoms with Gasteiger partial charge in [0.15, 0.2) is 0 Å². The van der Waals surface area contributed by atoms with Gasteiger partial charge in [-0.2, -0.15) is 10.1 Å². The largest absolute Gasteiger partial charge is 0.497 e. The van der Waals surface area contributed by atoms with Gasteiger partial charge >= 0.3 is 0 Å². The van der Waals surface area contributed by atoms with Crippen LogP contribution in [0.3, 0.4) is 0 Å². The van der Waals surface area contributed by atoms with Gasteiger partial charge in [0.25, 0.3) is 5.91 Å². The number of hydrogen-bond acceptors (Lipinski definition) is 8. The van der Waals surface area contributed by atoms with Crippen LogP contribution < -0.4 is 25.0 Å². The number of ether oxygens (including phenoxy) is 2. The van der Waals surface area contributed by atoms with Gasteiger partial charge in [-0.25, -0.2) is 4.98 Å². The second-order valence-electron chi connectivity index (χ2n) is 8.35. The summed E-state index contributed by atoms with van der Waals surface area (Å²) in [6.45, 7) is 1.92. The molecule has 10 nitrogen and oxygen atoms in total. The molecule has 36 heavy (non-hydrogen) atoms. The van der Waals surface area contributed by atoms with Crippen molar-refractivity contribution < 1.29 is 14.3 Å². The summed E-state index contributed by atoms with van der Waals surface area (Å²) in [7, 11) is 8.77. The molecule has 0 fully saturated rings. The lowest BCUT2D eigenvalue weighted by Crippen LogP contribution is -2.16. The van der Waals surface area contributed by atoms with E-state index in [0.29, 0.717) is 34.5 Å². The molecule has 2 N–H and O–H groups in total. The zero-order valence-electron chi connectivity index (χ0n) is 21.2. The van der Waals surface area contributed by atoms with E-state index in [1.54, 1.807) is 33.4 Å². The molecule has 0 radical (unpaired) electrons. The Balaban J connectivity index is 1.49. The Bertz CT molecular complexity index is 1380. The first-order valence-corrected chi connectivity index (χ1v) is 11.2. The number of anilines is 4. The van der Waals surface area contributed by atoms with E-state index in [9.17, 15) is 4.79 Å². The summed E-state index contributed by atoms with van der Waals surface area (Å²) in [6, 6.07) is 16.4. The monoisotopic (exact) mass is 487 g/mol. The van der Waals surface area contributed by atoms with Gasteiger partial charge in [-0.1, -0.05) is 0 Å². The number of rotatable bonds is 8. The van der Waals surface area contributed by atoms with Crippen LogP contribution in [0.2, 0.25) is 0 Å². The van der Waals surface area contributed by atoms with Crippen molar-refractivity contribution in [2.45, 2.75) is 6.92 Å². The van der Waals surface area contributed by atoms with Crippen molar-refractivity contribution in [2.75, 3.05) is 43.8 Å². The molecule has 0 spiro atoms. The zero-order valence-corrected chi connectivity index (χ0v) is 21.2. The molecule has 0 bridgehead atoms. The van der Waals surface area contributed by atoms with E-state index in [-0.39, 0.29) is 5.91 Å². The topological polar surface area (TPSA) is 106 Å². The number of carbonyl (C=O) groups is 1. The van der Waals surface area contributed by atoms with Crippen molar-refractivity contribution in [3.8, 4) is 22.8 Å². The van der Waals surface area contributed by atoms with E-state index in [1.165, 1.54) is 4.68 Å². The molecule has 10 heteroatoms. The molecular formula is C26H29N7O3. The van der Waals surface area contributed by atoms with Gasteiger partial charge < -0.3 is 25.0 Å². The molecule has 0 unspecified atom stereocenters. The molecule has 0 aliphatic heterocycles. The fourth-order valence-electron chi connectivity index (χ4n) is 3.62. The third-order valence-electron chi connectivity index (χ3n) is 5.49. The van der Waals surface area contributed by atoms with E-state index in [1.807, 2.05) is 68.4 Å². The summed E-state index contributed by atoms with van der Waals surface area (Å²) < 4.78 is 12.3. The number of benzene rings is 2. The number of nitrogens with one attached hydrogen (secondary N) is 2. The lowest BCUT2D eigenvalue weighted by atomic mass is 10.1. The summed E-state index contributed by atoms with van der Waals surface area (Å²) in [5, 5.41) is 10.6. The number of hydrogen-bond donors (Lipinski definition) is 2. The van der Waals surface area contributed by atoms with Crippen LogP contribution in [-0.2, 0) is 7.05 Å². The first-order chi connectivity index (χ1) is 17.3.